The van der Waals surface area contributed by atoms with E-state index in [9.17, 15) is 18.3 Å². The Balaban J connectivity index is 1.89. The minimum atomic E-state index is -3.52. The SMILES string of the molecule is CNS(=O)(=O)c1ccc(N=Cc2c(O)[nH]c3ccc(C(=O)OCC(C)C)cc23)cc1. The van der Waals surface area contributed by atoms with E-state index in [1.807, 2.05) is 13.8 Å². The van der Waals surface area contributed by atoms with E-state index >= 15 is 0 Å². The second-order valence-corrected chi connectivity index (χ2v) is 8.99. The van der Waals surface area contributed by atoms with Crippen LogP contribution in [0, 0.1) is 5.92 Å². The van der Waals surface area contributed by atoms with Gasteiger partial charge in [-0.1, -0.05) is 13.8 Å². The first-order valence-corrected chi connectivity index (χ1v) is 10.8. The van der Waals surface area contributed by atoms with Gasteiger partial charge >= 0.3 is 5.97 Å². The zero-order valence-electron chi connectivity index (χ0n) is 16.8. The Morgan fingerprint density at radius 3 is 2.57 bits per heavy atom. The molecule has 3 rings (SSSR count). The van der Waals surface area contributed by atoms with Crippen LogP contribution in [0.25, 0.3) is 10.9 Å². The van der Waals surface area contributed by atoms with Gasteiger partial charge in [0, 0.05) is 17.1 Å². The van der Waals surface area contributed by atoms with Gasteiger partial charge in [-0.05, 0) is 55.4 Å². The number of carbonyl (C=O) groups excluding carboxylic acids is 1. The van der Waals surface area contributed by atoms with E-state index in [-0.39, 0.29) is 16.7 Å². The number of ether oxygens (including phenoxy) is 1. The van der Waals surface area contributed by atoms with Crippen LogP contribution in [0.4, 0.5) is 5.69 Å². The number of nitrogens with zero attached hydrogens (tertiary/aromatic N) is 1. The number of aromatic hydroxyl groups is 1. The first-order valence-electron chi connectivity index (χ1n) is 9.30. The van der Waals surface area contributed by atoms with E-state index in [1.165, 1.54) is 25.4 Å². The normalized spacial score (nSPS) is 12.1. The molecule has 0 atom stereocenters. The van der Waals surface area contributed by atoms with Crippen molar-refractivity contribution in [3.05, 3.63) is 53.6 Å². The third-order valence-electron chi connectivity index (χ3n) is 4.36. The lowest BCUT2D eigenvalue weighted by Gasteiger charge is -2.07. The highest BCUT2D eigenvalue weighted by atomic mass is 32.2. The van der Waals surface area contributed by atoms with Crippen molar-refractivity contribution in [2.24, 2.45) is 10.9 Å². The number of aromatic nitrogens is 1. The average molecular weight is 429 g/mol. The molecule has 8 nitrogen and oxygen atoms in total. The zero-order chi connectivity index (χ0) is 21.9. The summed E-state index contributed by atoms with van der Waals surface area (Å²) in [7, 11) is -2.18. The fourth-order valence-corrected chi connectivity index (χ4v) is 3.48. The number of fused-ring (bicyclic) bond motifs is 1. The van der Waals surface area contributed by atoms with Crippen LogP contribution in [0.3, 0.4) is 0 Å². The quantitative estimate of drug-likeness (QED) is 0.393. The molecule has 30 heavy (non-hydrogen) atoms. The van der Waals surface area contributed by atoms with Crippen molar-refractivity contribution < 1.29 is 23.1 Å². The van der Waals surface area contributed by atoms with Crippen molar-refractivity contribution in [2.45, 2.75) is 18.7 Å². The van der Waals surface area contributed by atoms with Crippen LogP contribution in [0.1, 0.15) is 29.8 Å². The number of benzene rings is 2. The Labute approximate surface area is 174 Å². The second kappa shape index (κ2) is 8.68. The van der Waals surface area contributed by atoms with Crippen LogP contribution in [0.2, 0.25) is 0 Å². The number of carbonyl (C=O) groups is 1. The molecule has 0 amide bonds. The second-order valence-electron chi connectivity index (χ2n) is 7.10. The van der Waals surface area contributed by atoms with Crippen molar-refractivity contribution in [3.63, 3.8) is 0 Å². The molecule has 9 heteroatoms. The third kappa shape index (κ3) is 4.69. The molecule has 0 radical (unpaired) electrons. The summed E-state index contributed by atoms with van der Waals surface area (Å²) in [4.78, 5) is 19.5. The molecule has 0 fully saturated rings. The standard InChI is InChI=1S/C21H23N3O5S/c1-13(2)12-29-21(26)14-4-9-19-17(10-14)18(20(25)24-19)11-23-15-5-7-16(8-6-15)30(27,28)22-3/h4-11,13,22,24-25H,12H2,1-3H3. The predicted octanol–water partition coefficient (Wildman–Crippen LogP) is 3.35. The monoisotopic (exact) mass is 429 g/mol. The highest BCUT2D eigenvalue weighted by Gasteiger charge is 2.14. The van der Waals surface area contributed by atoms with Gasteiger partial charge in [-0.25, -0.2) is 17.9 Å². The molecule has 0 spiro atoms. The summed E-state index contributed by atoms with van der Waals surface area (Å²) in [6.45, 7) is 4.23. The van der Waals surface area contributed by atoms with Crippen LogP contribution in [0.15, 0.2) is 52.4 Å². The lowest BCUT2D eigenvalue weighted by molar-refractivity contribution is 0.0459. The molecule has 0 aliphatic heterocycles. The summed E-state index contributed by atoms with van der Waals surface area (Å²) in [5, 5.41) is 10.9. The van der Waals surface area contributed by atoms with Gasteiger partial charge in [-0.2, -0.15) is 0 Å². The summed E-state index contributed by atoms with van der Waals surface area (Å²) in [6.07, 6.45) is 1.46. The number of H-pyrrole nitrogens is 1. The molecular weight excluding hydrogens is 406 g/mol. The highest BCUT2D eigenvalue weighted by Crippen LogP contribution is 2.28. The van der Waals surface area contributed by atoms with Crippen molar-refractivity contribution in [1.29, 1.82) is 0 Å². The van der Waals surface area contributed by atoms with Crippen LogP contribution in [0.5, 0.6) is 5.88 Å². The van der Waals surface area contributed by atoms with Gasteiger partial charge < -0.3 is 14.8 Å². The van der Waals surface area contributed by atoms with E-state index in [0.717, 1.165) is 0 Å². The van der Waals surface area contributed by atoms with Crippen LogP contribution < -0.4 is 4.72 Å². The highest BCUT2D eigenvalue weighted by molar-refractivity contribution is 7.89. The van der Waals surface area contributed by atoms with Gasteiger partial charge in [0.15, 0.2) is 5.88 Å². The van der Waals surface area contributed by atoms with Gasteiger partial charge in [0.2, 0.25) is 10.0 Å². The molecule has 2 aromatic carbocycles. The molecule has 3 N–H and O–H groups in total. The van der Waals surface area contributed by atoms with Crippen LogP contribution in [-0.2, 0) is 14.8 Å². The van der Waals surface area contributed by atoms with Gasteiger partial charge in [0.25, 0.3) is 0 Å². The molecule has 0 bridgehead atoms. The van der Waals surface area contributed by atoms with E-state index in [4.69, 9.17) is 4.74 Å². The molecule has 1 aromatic heterocycles. The molecule has 1 heterocycles. The molecule has 0 saturated carbocycles. The summed E-state index contributed by atoms with van der Waals surface area (Å²) in [5.41, 5.74) is 1.94. The lowest BCUT2D eigenvalue weighted by atomic mass is 10.1. The van der Waals surface area contributed by atoms with Crippen LogP contribution >= 0.6 is 0 Å². The van der Waals surface area contributed by atoms with Gasteiger partial charge in [0.05, 0.1) is 28.3 Å². The smallest absolute Gasteiger partial charge is 0.338 e. The van der Waals surface area contributed by atoms with Gasteiger partial charge in [0.1, 0.15) is 0 Å². The molecule has 0 aliphatic carbocycles. The molecule has 0 aliphatic rings. The molecule has 0 unspecified atom stereocenters. The molecule has 0 saturated heterocycles. The minimum absolute atomic E-state index is 0.0872. The minimum Gasteiger partial charge on any atom is -0.494 e. The number of esters is 1. The number of rotatable bonds is 7. The Kier molecular flexibility index (Phi) is 6.23. The topological polar surface area (TPSA) is 121 Å². The number of hydrogen-bond acceptors (Lipinski definition) is 6. The fourth-order valence-electron chi connectivity index (χ4n) is 2.75. The lowest BCUT2D eigenvalue weighted by Crippen LogP contribution is -2.18. The number of sulfonamides is 1. The summed E-state index contributed by atoms with van der Waals surface area (Å²) in [5.74, 6) is -0.294. The maximum Gasteiger partial charge on any atom is 0.338 e. The van der Waals surface area contributed by atoms with E-state index in [1.54, 1.807) is 30.3 Å². The van der Waals surface area contributed by atoms with E-state index < -0.39 is 16.0 Å². The first kappa shape index (κ1) is 21.5. The van der Waals surface area contributed by atoms with Crippen molar-refractivity contribution in [3.8, 4) is 5.88 Å². The number of aliphatic imine (C=N–C) groups is 1. The maximum atomic E-state index is 12.2. The summed E-state index contributed by atoms with van der Waals surface area (Å²) in [6, 6.07) is 11.0. The number of hydrogen-bond donors (Lipinski definition) is 3. The third-order valence-corrected chi connectivity index (χ3v) is 5.79. The molecule has 3 aromatic rings. The van der Waals surface area contributed by atoms with Crippen LogP contribution in [-0.4, -0.2) is 44.3 Å². The van der Waals surface area contributed by atoms with Crippen molar-refractivity contribution in [2.75, 3.05) is 13.7 Å². The fraction of sp³-hybridized carbons (Fsp3) is 0.238. The zero-order valence-corrected chi connectivity index (χ0v) is 17.7. The largest absolute Gasteiger partial charge is 0.494 e. The van der Waals surface area contributed by atoms with Gasteiger partial charge in [-0.15, -0.1) is 0 Å². The maximum absolute atomic E-state index is 12.2. The predicted molar refractivity (Wildman–Crippen MR) is 115 cm³/mol. The van der Waals surface area contributed by atoms with E-state index in [2.05, 4.69) is 14.7 Å². The van der Waals surface area contributed by atoms with Crippen molar-refractivity contribution >= 4 is 38.8 Å². The molecule has 158 valence electrons. The van der Waals surface area contributed by atoms with Gasteiger partial charge in [-0.3, -0.25) is 4.99 Å². The first-order chi connectivity index (χ1) is 14.2. The Morgan fingerprint density at radius 2 is 1.93 bits per heavy atom. The summed E-state index contributed by atoms with van der Waals surface area (Å²) >= 11 is 0. The van der Waals surface area contributed by atoms with Crippen molar-refractivity contribution in [1.82, 2.24) is 9.71 Å². The summed E-state index contributed by atoms with van der Waals surface area (Å²) < 4.78 is 31.1. The number of nitrogens with one attached hydrogen (secondary N) is 2. The number of aromatic amines is 1. The Morgan fingerprint density at radius 1 is 1.23 bits per heavy atom. The average Bonchev–Trinajstić information content (AvgIpc) is 3.04. The Hall–Kier alpha value is -3.17. The Bertz CT molecular complexity index is 1200. The van der Waals surface area contributed by atoms with E-state index in [0.29, 0.717) is 34.3 Å². The molecular formula is C21H23N3O5S.